The van der Waals surface area contributed by atoms with Crippen LogP contribution in [0.1, 0.15) is 40.7 Å². The molecule has 4 nitrogen and oxygen atoms in total. The Kier molecular flexibility index (Phi) is 7.83. The zero-order valence-electron chi connectivity index (χ0n) is 34.7. The van der Waals surface area contributed by atoms with Crippen LogP contribution in [0.25, 0.3) is 78.4 Å². The molecule has 3 unspecified atom stereocenters. The van der Waals surface area contributed by atoms with E-state index in [0.717, 1.165) is 22.3 Å². The predicted octanol–water partition coefficient (Wildman–Crippen LogP) is 14.0. The van der Waals surface area contributed by atoms with Crippen molar-refractivity contribution in [3.63, 3.8) is 0 Å². The molecule has 0 bridgehead atoms. The maximum atomic E-state index is 5.24. The first-order valence-electron chi connectivity index (χ1n) is 21.9. The van der Waals surface area contributed by atoms with Crippen LogP contribution in [0.4, 0.5) is 0 Å². The highest BCUT2D eigenvalue weighted by Crippen LogP contribution is 2.65. The third-order valence-electron chi connectivity index (χ3n) is 13.8. The van der Waals surface area contributed by atoms with Gasteiger partial charge in [0.1, 0.15) is 0 Å². The van der Waals surface area contributed by atoms with Crippen LogP contribution >= 0.6 is 0 Å². The van der Waals surface area contributed by atoms with Crippen LogP contribution in [-0.4, -0.2) is 19.5 Å². The number of fused-ring (bicyclic) bond motifs is 11. The van der Waals surface area contributed by atoms with Crippen molar-refractivity contribution < 1.29 is 0 Å². The molecule has 13 rings (SSSR count). The second-order valence-corrected chi connectivity index (χ2v) is 17.1. The van der Waals surface area contributed by atoms with Crippen LogP contribution in [-0.2, 0) is 5.41 Å². The van der Waals surface area contributed by atoms with E-state index in [1.807, 2.05) is 24.3 Å². The van der Waals surface area contributed by atoms with E-state index < -0.39 is 5.41 Å². The molecule has 2 aromatic heterocycles. The molecule has 3 aliphatic rings. The molecule has 8 aromatic carbocycles. The van der Waals surface area contributed by atoms with Gasteiger partial charge in [-0.3, -0.25) is 0 Å². The van der Waals surface area contributed by atoms with Crippen LogP contribution in [0, 0.1) is 5.92 Å². The Bertz CT molecular complexity index is 3520. The first kappa shape index (κ1) is 35.8. The lowest BCUT2D eigenvalue weighted by atomic mass is 9.59. The molecule has 1 spiro atoms. The largest absolute Gasteiger partial charge is 0.309 e. The van der Waals surface area contributed by atoms with Crippen LogP contribution in [0.5, 0.6) is 0 Å². The van der Waals surface area contributed by atoms with E-state index in [2.05, 4.69) is 200 Å². The number of allylic oxidation sites excluding steroid dienone is 4. The normalized spacial score (nSPS) is 18.2. The van der Waals surface area contributed by atoms with Gasteiger partial charge in [0.15, 0.2) is 17.5 Å². The maximum Gasteiger partial charge on any atom is 0.164 e. The fourth-order valence-electron chi connectivity index (χ4n) is 11.2. The number of aromatic nitrogens is 4. The average molecular weight is 805 g/mol. The van der Waals surface area contributed by atoms with Crippen molar-refractivity contribution in [1.29, 1.82) is 0 Å². The van der Waals surface area contributed by atoms with E-state index >= 15 is 0 Å². The quantitative estimate of drug-likeness (QED) is 0.174. The summed E-state index contributed by atoms with van der Waals surface area (Å²) in [4.78, 5) is 15.5. The highest BCUT2D eigenvalue weighted by atomic mass is 15.0. The SMILES string of the molecule is CC1C=CC2=C(C1c1cccc(-c3nc(-c4ccccc4)nc(-c4ccc(-c5ccccc5)cc4)n3)c1)C1(c3ccccc32)c2ccccc2-n2c3ccccc3c3cccc1c32. The smallest absolute Gasteiger partial charge is 0.164 e. The van der Waals surface area contributed by atoms with Crippen LogP contribution < -0.4 is 0 Å². The number of rotatable bonds is 5. The topological polar surface area (TPSA) is 43.6 Å². The first-order valence-corrected chi connectivity index (χ1v) is 21.9. The fraction of sp³-hybridized carbons (Fsp3) is 0.0678. The van der Waals surface area contributed by atoms with E-state index in [-0.39, 0.29) is 11.8 Å². The van der Waals surface area contributed by atoms with E-state index in [0.29, 0.717) is 17.5 Å². The molecule has 0 fully saturated rings. The zero-order chi connectivity index (χ0) is 41.6. The van der Waals surface area contributed by atoms with Gasteiger partial charge in [0, 0.05) is 33.4 Å². The summed E-state index contributed by atoms with van der Waals surface area (Å²) in [6, 6.07) is 72.5. The third-order valence-corrected chi connectivity index (χ3v) is 13.8. The van der Waals surface area contributed by atoms with Crippen molar-refractivity contribution in [2.24, 2.45) is 5.92 Å². The van der Waals surface area contributed by atoms with Gasteiger partial charge in [0.05, 0.1) is 22.1 Å². The first-order chi connectivity index (χ1) is 31.2. The Labute approximate surface area is 366 Å². The Balaban J connectivity index is 1.01. The second kappa shape index (κ2) is 13.8. The molecule has 0 amide bonds. The monoisotopic (exact) mass is 804 g/mol. The van der Waals surface area contributed by atoms with E-state index in [1.54, 1.807) is 0 Å². The molecule has 3 heterocycles. The Hall–Kier alpha value is -7.95. The van der Waals surface area contributed by atoms with E-state index in [4.69, 9.17) is 15.0 Å². The number of hydrogen-bond acceptors (Lipinski definition) is 3. The van der Waals surface area contributed by atoms with Crippen molar-refractivity contribution in [3.8, 4) is 51.0 Å². The highest BCUT2D eigenvalue weighted by Gasteiger charge is 2.55. The van der Waals surface area contributed by atoms with Gasteiger partial charge in [0.2, 0.25) is 0 Å². The molecule has 3 atom stereocenters. The summed E-state index contributed by atoms with van der Waals surface area (Å²) < 4.78 is 2.53. The van der Waals surface area contributed by atoms with Gasteiger partial charge in [-0.15, -0.1) is 0 Å². The lowest BCUT2D eigenvalue weighted by molar-refractivity contribution is 0.546. The Morgan fingerprint density at radius 2 is 1.02 bits per heavy atom. The van der Waals surface area contributed by atoms with Crippen LogP contribution in [0.3, 0.4) is 0 Å². The molecule has 0 radical (unpaired) electrons. The molecule has 1 aliphatic heterocycles. The third kappa shape index (κ3) is 5.19. The molecular weight excluding hydrogens is 765 g/mol. The van der Waals surface area contributed by atoms with Crippen molar-refractivity contribution in [3.05, 3.63) is 246 Å². The molecule has 0 N–H and O–H groups in total. The fourth-order valence-corrected chi connectivity index (χ4v) is 11.2. The molecule has 0 saturated heterocycles. The lowest BCUT2D eigenvalue weighted by Gasteiger charge is -2.45. The number of hydrogen-bond donors (Lipinski definition) is 0. The van der Waals surface area contributed by atoms with Gasteiger partial charge in [-0.05, 0) is 74.2 Å². The van der Waals surface area contributed by atoms with E-state index in [9.17, 15) is 0 Å². The Morgan fingerprint density at radius 1 is 0.460 bits per heavy atom. The van der Waals surface area contributed by atoms with Crippen molar-refractivity contribution in [2.75, 3.05) is 0 Å². The lowest BCUT2D eigenvalue weighted by Crippen LogP contribution is -2.38. The Morgan fingerprint density at radius 3 is 1.81 bits per heavy atom. The summed E-state index contributed by atoms with van der Waals surface area (Å²) in [5.41, 5.74) is 17.7. The minimum absolute atomic E-state index is 0.0528. The summed E-state index contributed by atoms with van der Waals surface area (Å²) in [6.45, 7) is 2.38. The average Bonchev–Trinajstić information content (AvgIpc) is 3.85. The predicted molar refractivity (Wildman–Crippen MR) is 257 cm³/mol. The minimum Gasteiger partial charge on any atom is -0.309 e. The maximum absolute atomic E-state index is 5.24. The van der Waals surface area contributed by atoms with Crippen molar-refractivity contribution in [1.82, 2.24) is 19.5 Å². The van der Waals surface area contributed by atoms with Gasteiger partial charge in [-0.2, -0.15) is 0 Å². The van der Waals surface area contributed by atoms with Gasteiger partial charge < -0.3 is 4.57 Å². The van der Waals surface area contributed by atoms with E-state index in [1.165, 1.54) is 72.0 Å². The second-order valence-electron chi connectivity index (χ2n) is 17.1. The molecule has 63 heavy (non-hydrogen) atoms. The summed E-state index contributed by atoms with van der Waals surface area (Å²) >= 11 is 0. The summed E-state index contributed by atoms with van der Waals surface area (Å²) in [7, 11) is 0. The summed E-state index contributed by atoms with van der Waals surface area (Å²) in [5, 5.41) is 2.57. The molecule has 0 saturated carbocycles. The summed E-state index contributed by atoms with van der Waals surface area (Å²) in [5.74, 6) is 2.22. The standard InChI is InChI=1S/C59H40N4/c1-37-30-35-46-44-22-8-10-25-48(44)59(49-26-11-13-29-52(49)63-51-28-12-9-23-45(51)47-24-15-27-50(59)55(47)63)54(46)53(37)42-20-14-21-43(36-42)58-61-56(40-18-6-3-7-19-40)60-57(62-58)41-33-31-39(32-34-41)38-16-4-2-5-17-38/h2-37,53H,1H3. The van der Waals surface area contributed by atoms with Gasteiger partial charge in [-0.25, -0.2) is 15.0 Å². The minimum atomic E-state index is -0.529. The molecule has 10 aromatic rings. The van der Waals surface area contributed by atoms with Crippen LogP contribution in [0.2, 0.25) is 0 Å². The number of nitrogens with zero attached hydrogens (tertiary/aromatic N) is 4. The summed E-state index contributed by atoms with van der Waals surface area (Å²) in [6.07, 6.45) is 4.83. The number of para-hydroxylation sites is 3. The molecule has 4 heteroatoms. The highest BCUT2D eigenvalue weighted by molar-refractivity contribution is 6.13. The van der Waals surface area contributed by atoms with Gasteiger partial charge in [-0.1, -0.05) is 201 Å². The zero-order valence-corrected chi connectivity index (χ0v) is 34.7. The van der Waals surface area contributed by atoms with Crippen molar-refractivity contribution in [2.45, 2.75) is 18.3 Å². The molecule has 296 valence electrons. The van der Waals surface area contributed by atoms with Crippen molar-refractivity contribution >= 4 is 27.4 Å². The number of benzene rings is 8. The molecular formula is C59H40N4. The van der Waals surface area contributed by atoms with Gasteiger partial charge >= 0.3 is 0 Å². The van der Waals surface area contributed by atoms with Gasteiger partial charge in [0.25, 0.3) is 0 Å². The molecule has 2 aliphatic carbocycles. The van der Waals surface area contributed by atoms with Crippen LogP contribution in [0.15, 0.2) is 218 Å².